The molecule has 104 valence electrons. The summed E-state index contributed by atoms with van der Waals surface area (Å²) >= 11 is 11.9. The standard InChI is InChI=1S/C14H12Cl2N2O2/c15-11-5-4-10(13(16)7-11)8-20-12-3-1-2-9(6-12)14(17)18-19/h1-7,19H,8H2,(H2,17,18). The molecule has 0 atom stereocenters. The number of rotatable bonds is 4. The molecule has 0 aliphatic heterocycles. The van der Waals surface area contributed by atoms with Gasteiger partial charge in [0, 0.05) is 21.2 Å². The maximum absolute atomic E-state index is 8.64. The highest BCUT2D eigenvalue weighted by Crippen LogP contribution is 2.23. The summed E-state index contributed by atoms with van der Waals surface area (Å²) in [7, 11) is 0. The fraction of sp³-hybridized carbons (Fsp3) is 0.0714. The lowest BCUT2D eigenvalue weighted by atomic mass is 10.2. The number of amidine groups is 1. The quantitative estimate of drug-likeness (QED) is 0.392. The van der Waals surface area contributed by atoms with Crippen molar-refractivity contribution in [2.24, 2.45) is 10.9 Å². The lowest BCUT2D eigenvalue weighted by Crippen LogP contribution is -2.12. The Morgan fingerprint density at radius 2 is 2.00 bits per heavy atom. The number of benzene rings is 2. The van der Waals surface area contributed by atoms with Crippen LogP contribution in [0.1, 0.15) is 11.1 Å². The minimum atomic E-state index is 0.0278. The summed E-state index contributed by atoms with van der Waals surface area (Å²) in [6, 6.07) is 12.1. The predicted molar refractivity (Wildman–Crippen MR) is 79.7 cm³/mol. The van der Waals surface area contributed by atoms with Crippen LogP contribution in [-0.2, 0) is 6.61 Å². The van der Waals surface area contributed by atoms with Crippen LogP contribution in [0, 0.1) is 0 Å². The van der Waals surface area contributed by atoms with Gasteiger partial charge in [0.1, 0.15) is 12.4 Å². The number of hydrogen-bond donors (Lipinski definition) is 2. The number of nitrogens with two attached hydrogens (primary N) is 1. The Kier molecular flexibility index (Phi) is 4.71. The van der Waals surface area contributed by atoms with Gasteiger partial charge in [0.05, 0.1) is 0 Å². The van der Waals surface area contributed by atoms with E-state index in [2.05, 4.69) is 5.16 Å². The van der Waals surface area contributed by atoms with Crippen LogP contribution in [0.4, 0.5) is 0 Å². The fourth-order valence-corrected chi connectivity index (χ4v) is 2.07. The lowest BCUT2D eigenvalue weighted by molar-refractivity contribution is 0.306. The van der Waals surface area contributed by atoms with Crippen molar-refractivity contribution in [1.82, 2.24) is 0 Å². The number of oxime groups is 1. The third-order valence-corrected chi connectivity index (χ3v) is 3.23. The van der Waals surface area contributed by atoms with E-state index < -0.39 is 0 Å². The Morgan fingerprint density at radius 1 is 1.20 bits per heavy atom. The second kappa shape index (κ2) is 6.50. The first-order valence-corrected chi connectivity index (χ1v) is 6.50. The summed E-state index contributed by atoms with van der Waals surface area (Å²) in [4.78, 5) is 0. The Balaban J connectivity index is 2.11. The van der Waals surface area contributed by atoms with E-state index in [1.807, 2.05) is 0 Å². The first kappa shape index (κ1) is 14.5. The number of hydrogen-bond acceptors (Lipinski definition) is 3. The van der Waals surface area contributed by atoms with Gasteiger partial charge in [-0.1, -0.05) is 46.6 Å². The van der Waals surface area contributed by atoms with Crippen molar-refractivity contribution in [2.75, 3.05) is 0 Å². The summed E-state index contributed by atoms with van der Waals surface area (Å²) < 4.78 is 5.63. The van der Waals surface area contributed by atoms with Crippen LogP contribution in [0.25, 0.3) is 0 Å². The van der Waals surface area contributed by atoms with Crippen molar-refractivity contribution in [2.45, 2.75) is 6.61 Å². The molecule has 0 aliphatic rings. The normalized spacial score (nSPS) is 11.4. The van der Waals surface area contributed by atoms with Crippen LogP contribution in [0.5, 0.6) is 5.75 Å². The van der Waals surface area contributed by atoms with Crippen molar-refractivity contribution in [1.29, 1.82) is 0 Å². The summed E-state index contributed by atoms with van der Waals surface area (Å²) in [5.74, 6) is 0.625. The first-order chi connectivity index (χ1) is 9.60. The van der Waals surface area contributed by atoms with Gasteiger partial charge in [-0.25, -0.2) is 0 Å². The molecule has 0 aliphatic carbocycles. The van der Waals surface area contributed by atoms with Crippen LogP contribution in [0.2, 0.25) is 10.0 Å². The maximum atomic E-state index is 8.64. The monoisotopic (exact) mass is 310 g/mol. The smallest absolute Gasteiger partial charge is 0.170 e. The van der Waals surface area contributed by atoms with Crippen LogP contribution in [0.15, 0.2) is 47.6 Å². The van der Waals surface area contributed by atoms with Gasteiger partial charge in [-0.05, 0) is 24.3 Å². The minimum absolute atomic E-state index is 0.0278. The van der Waals surface area contributed by atoms with Crippen molar-refractivity contribution < 1.29 is 9.94 Å². The summed E-state index contributed by atoms with van der Waals surface area (Å²) in [6.07, 6.45) is 0. The van der Waals surface area contributed by atoms with Gasteiger partial charge in [0.15, 0.2) is 5.84 Å². The molecule has 0 amide bonds. The fourth-order valence-electron chi connectivity index (χ4n) is 1.60. The second-order valence-corrected chi connectivity index (χ2v) is 4.88. The molecule has 0 bridgehead atoms. The molecule has 3 N–H and O–H groups in total. The van der Waals surface area contributed by atoms with E-state index in [0.29, 0.717) is 28.0 Å². The Hall–Kier alpha value is -1.91. The zero-order chi connectivity index (χ0) is 14.5. The average molecular weight is 311 g/mol. The molecule has 0 fully saturated rings. The van der Waals surface area contributed by atoms with Crippen LogP contribution in [-0.4, -0.2) is 11.0 Å². The maximum Gasteiger partial charge on any atom is 0.170 e. The van der Waals surface area contributed by atoms with Crippen molar-refractivity contribution in [3.63, 3.8) is 0 Å². The SMILES string of the molecule is N/C(=N\O)c1cccc(OCc2ccc(Cl)cc2Cl)c1. The first-order valence-electron chi connectivity index (χ1n) is 5.75. The number of nitrogens with zero attached hydrogens (tertiary/aromatic N) is 1. The Labute approximate surface area is 126 Å². The number of halogens is 2. The van der Waals surface area contributed by atoms with Gasteiger partial charge in [0.2, 0.25) is 0 Å². The largest absolute Gasteiger partial charge is 0.489 e. The van der Waals surface area contributed by atoms with Crippen molar-refractivity contribution >= 4 is 29.0 Å². The molecule has 2 aromatic rings. The van der Waals surface area contributed by atoms with E-state index >= 15 is 0 Å². The van der Waals surface area contributed by atoms with Gasteiger partial charge >= 0.3 is 0 Å². The molecule has 0 heterocycles. The molecule has 2 rings (SSSR count). The molecule has 6 heteroatoms. The van der Waals surface area contributed by atoms with E-state index in [9.17, 15) is 0 Å². The minimum Gasteiger partial charge on any atom is -0.489 e. The summed E-state index contributed by atoms with van der Waals surface area (Å²) in [5, 5.41) is 12.7. The van der Waals surface area contributed by atoms with E-state index in [1.54, 1.807) is 42.5 Å². The Bertz CT molecular complexity index is 645. The van der Waals surface area contributed by atoms with Crippen molar-refractivity contribution in [3.8, 4) is 5.75 Å². The zero-order valence-electron chi connectivity index (χ0n) is 10.4. The zero-order valence-corrected chi connectivity index (χ0v) is 11.9. The van der Waals surface area contributed by atoms with Gasteiger partial charge in [-0.15, -0.1) is 0 Å². The lowest BCUT2D eigenvalue weighted by Gasteiger charge is -2.09. The molecular weight excluding hydrogens is 299 g/mol. The molecule has 2 aromatic carbocycles. The van der Waals surface area contributed by atoms with Gasteiger partial charge in [-0.2, -0.15) is 0 Å². The molecule has 0 spiro atoms. The van der Waals surface area contributed by atoms with E-state index in [4.69, 9.17) is 38.9 Å². The topological polar surface area (TPSA) is 67.8 Å². The molecule has 0 saturated carbocycles. The molecule has 0 unspecified atom stereocenters. The van der Waals surface area contributed by atoms with E-state index in [-0.39, 0.29) is 5.84 Å². The third-order valence-electron chi connectivity index (χ3n) is 2.65. The van der Waals surface area contributed by atoms with Crippen LogP contribution >= 0.6 is 23.2 Å². The highest BCUT2D eigenvalue weighted by Gasteiger charge is 2.04. The van der Waals surface area contributed by atoms with Crippen molar-refractivity contribution in [3.05, 3.63) is 63.6 Å². The third kappa shape index (κ3) is 3.56. The summed E-state index contributed by atoms with van der Waals surface area (Å²) in [5.41, 5.74) is 6.92. The highest BCUT2D eigenvalue weighted by atomic mass is 35.5. The number of ether oxygens (including phenoxy) is 1. The molecular formula is C14H12Cl2N2O2. The van der Waals surface area contributed by atoms with E-state index in [0.717, 1.165) is 5.56 Å². The highest BCUT2D eigenvalue weighted by molar-refractivity contribution is 6.35. The average Bonchev–Trinajstić information content (AvgIpc) is 2.46. The van der Waals surface area contributed by atoms with Crippen LogP contribution < -0.4 is 10.5 Å². The summed E-state index contributed by atoms with van der Waals surface area (Å²) in [6.45, 7) is 0.301. The van der Waals surface area contributed by atoms with E-state index in [1.165, 1.54) is 0 Å². The molecule has 20 heavy (non-hydrogen) atoms. The second-order valence-electron chi connectivity index (χ2n) is 4.04. The van der Waals surface area contributed by atoms with Gasteiger partial charge in [-0.3, -0.25) is 0 Å². The van der Waals surface area contributed by atoms with Gasteiger partial charge in [0.25, 0.3) is 0 Å². The molecule has 4 nitrogen and oxygen atoms in total. The molecule has 0 aromatic heterocycles. The molecule has 0 saturated heterocycles. The van der Waals surface area contributed by atoms with Gasteiger partial charge < -0.3 is 15.7 Å². The van der Waals surface area contributed by atoms with Crippen LogP contribution in [0.3, 0.4) is 0 Å². The predicted octanol–water partition coefficient (Wildman–Crippen LogP) is 3.67. The Morgan fingerprint density at radius 3 is 2.70 bits per heavy atom. The molecule has 0 radical (unpaired) electrons.